The van der Waals surface area contributed by atoms with E-state index in [0.29, 0.717) is 11.5 Å². The molecule has 0 aliphatic heterocycles. The maximum absolute atomic E-state index is 10.6. The Bertz CT molecular complexity index is 706. The van der Waals surface area contributed by atoms with Gasteiger partial charge in [0.1, 0.15) is 11.8 Å². The Morgan fingerprint density at radius 1 is 0.895 bits per heavy atom. The Labute approximate surface area is 110 Å². The second-order valence-electron chi connectivity index (χ2n) is 4.14. The van der Waals surface area contributed by atoms with Crippen LogP contribution in [0.3, 0.4) is 0 Å². The van der Waals surface area contributed by atoms with Crippen LogP contribution in [0.4, 0.5) is 0 Å². The number of hydrogen-bond donors (Lipinski definition) is 0. The van der Waals surface area contributed by atoms with Crippen molar-refractivity contribution in [3.8, 4) is 0 Å². The number of hydrogen-bond acceptors (Lipinski definition) is 3. The van der Waals surface area contributed by atoms with Gasteiger partial charge >= 0.3 is 0 Å². The van der Waals surface area contributed by atoms with Crippen LogP contribution in [0.2, 0.25) is 0 Å². The molecule has 0 saturated heterocycles. The monoisotopic (exact) mass is 249 g/mol. The molecule has 0 fully saturated rings. The zero-order valence-electron chi connectivity index (χ0n) is 10.1. The third-order valence-electron chi connectivity index (χ3n) is 2.80. The van der Waals surface area contributed by atoms with E-state index in [4.69, 9.17) is 4.42 Å². The van der Waals surface area contributed by atoms with Crippen LogP contribution >= 0.6 is 0 Å². The Morgan fingerprint density at radius 3 is 2.37 bits per heavy atom. The third-order valence-corrected chi connectivity index (χ3v) is 2.80. The fourth-order valence-corrected chi connectivity index (χ4v) is 1.81. The van der Waals surface area contributed by atoms with E-state index < -0.39 is 0 Å². The molecule has 0 saturated carbocycles. The van der Waals surface area contributed by atoms with Gasteiger partial charge in [-0.05, 0) is 23.8 Å². The molecule has 0 radical (unpaired) electrons. The molecular weight excluding hydrogens is 238 g/mol. The first kappa shape index (κ1) is 11.4. The minimum Gasteiger partial charge on any atom is -0.437 e. The average Bonchev–Trinajstić information content (AvgIpc) is 2.88. The number of fused-ring (bicyclic) bond motifs is 1. The van der Waals surface area contributed by atoms with Crippen LogP contribution < -0.4 is 0 Å². The molecule has 0 amide bonds. The van der Waals surface area contributed by atoms with Gasteiger partial charge in [0.15, 0.2) is 5.58 Å². The summed E-state index contributed by atoms with van der Waals surface area (Å²) in [4.78, 5) is 14.9. The van der Waals surface area contributed by atoms with Crippen molar-refractivity contribution in [2.75, 3.05) is 0 Å². The van der Waals surface area contributed by atoms with Gasteiger partial charge in [-0.3, -0.25) is 4.79 Å². The van der Waals surface area contributed by atoms with Gasteiger partial charge < -0.3 is 4.42 Å². The molecule has 0 atom stereocenters. The lowest BCUT2D eigenvalue weighted by atomic mass is 10.1. The smallest absolute Gasteiger partial charge is 0.220 e. The van der Waals surface area contributed by atoms with Crippen molar-refractivity contribution in [2.45, 2.75) is 0 Å². The highest BCUT2D eigenvalue weighted by Gasteiger charge is 2.00. The predicted octanol–water partition coefficient (Wildman–Crippen LogP) is 3.81. The lowest BCUT2D eigenvalue weighted by molar-refractivity contribution is 0.112. The zero-order valence-corrected chi connectivity index (χ0v) is 10.1. The number of carbonyl (C=O) groups is 1. The summed E-state index contributed by atoms with van der Waals surface area (Å²) < 4.78 is 5.58. The molecule has 3 heteroatoms. The number of oxazole rings is 1. The Hall–Kier alpha value is -2.68. The largest absolute Gasteiger partial charge is 0.437 e. The molecule has 0 aliphatic carbocycles. The molecule has 0 spiro atoms. The predicted molar refractivity (Wildman–Crippen MR) is 74.8 cm³/mol. The van der Waals surface area contributed by atoms with E-state index in [9.17, 15) is 4.79 Å². The maximum Gasteiger partial charge on any atom is 0.220 e. The highest BCUT2D eigenvalue weighted by molar-refractivity contribution is 5.77. The Morgan fingerprint density at radius 2 is 1.63 bits per heavy atom. The topological polar surface area (TPSA) is 43.1 Å². The molecule has 1 aromatic heterocycles. The van der Waals surface area contributed by atoms with Crippen molar-refractivity contribution < 1.29 is 9.21 Å². The standard InChI is InChI=1S/C16H11NO2/c18-11-13-7-5-12(6-8-13)9-10-16-17-14-3-1-2-4-15(14)19-16/h1-11H/b10-9+. The van der Waals surface area contributed by atoms with E-state index in [0.717, 1.165) is 22.9 Å². The Kier molecular flexibility index (Phi) is 2.94. The van der Waals surface area contributed by atoms with Gasteiger partial charge in [-0.2, -0.15) is 0 Å². The van der Waals surface area contributed by atoms with E-state index in [-0.39, 0.29) is 0 Å². The molecule has 92 valence electrons. The fourth-order valence-electron chi connectivity index (χ4n) is 1.81. The average molecular weight is 249 g/mol. The summed E-state index contributed by atoms with van der Waals surface area (Å²) in [5.74, 6) is 0.570. The maximum atomic E-state index is 10.6. The molecule has 0 bridgehead atoms. The van der Waals surface area contributed by atoms with Gasteiger partial charge in [0.2, 0.25) is 5.89 Å². The number of carbonyl (C=O) groups excluding carboxylic acids is 1. The summed E-state index contributed by atoms with van der Waals surface area (Å²) >= 11 is 0. The minimum absolute atomic E-state index is 0.570. The lowest BCUT2D eigenvalue weighted by Crippen LogP contribution is -1.78. The summed E-state index contributed by atoms with van der Waals surface area (Å²) in [6, 6.07) is 15.0. The molecule has 0 N–H and O–H groups in total. The SMILES string of the molecule is O=Cc1ccc(/C=C/c2nc3ccccc3o2)cc1. The lowest BCUT2D eigenvalue weighted by Gasteiger charge is -1.92. The van der Waals surface area contributed by atoms with E-state index >= 15 is 0 Å². The first-order valence-electron chi connectivity index (χ1n) is 5.94. The van der Waals surface area contributed by atoms with Crippen molar-refractivity contribution in [1.82, 2.24) is 4.98 Å². The fraction of sp³-hybridized carbons (Fsp3) is 0. The van der Waals surface area contributed by atoms with Gasteiger partial charge in [-0.1, -0.05) is 36.4 Å². The Balaban J connectivity index is 1.86. The first-order chi connectivity index (χ1) is 9.35. The summed E-state index contributed by atoms with van der Waals surface area (Å²) in [6.07, 6.45) is 4.55. The first-order valence-corrected chi connectivity index (χ1v) is 5.94. The highest BCUT2D eigenvalue weighted by Crippen LogP contribution is 2.16. The number of benzene rings is 2. The molecular formula is C16H11NO2. The second kappa shape index (κ2) is 4.90. The number of rotatable bonds is 3. The summed E-state index contributed by atoms with van der Waals surface area (Å²) in [7, 11) is 0. The minimum atomic E-state index is 0.570. The summed E-state index contributed by atoms with van der Waals surface area (Å²) in [5, 5.41) is 0. The number of aromatic nitrogens is 1. The van der Waals surface area contributed by atoms with Crippen LogP contribution in [0.5, 0.6) is 0 Å². The van der Waals surface area contributed by atoms with Gasteiger partial charge in [-0.15, -0.1) is 0 Å². The van der Waals surface area contributed by atoms with Crippen LogP contribution in [0, 0.1) is 0 Å². The van der Waals surface area contributed by atoms with Crippen molar-refractivity contribution >= 4 is 29.5 Å². The van der Waals surface area contributed by atoms with E-state index in [1.165, 1.54) is 0 Å². The van der Waals surface area contributed by atoms with E-state index in [1.807, 2.05) is 48.6 Å². The molecule has 19 heavy (non-hydrogen) atoms. The van der Waals surface area contributed by atoms with Crippen molar-refractivity contribution in [3.63, 3.8) is 0 Å². The van der Waals surface area contributed by atoms with Crippen molar-refractivity contribution in [1.29, 1.82) is 0 Å². The number of nitrogens with zero attached hydrogens (tertiary/aromatic N) is 1. The van der Waals surface area contributed by atoms with Crippen LogP contribution in [0.15, 0.2) is 52.9 Å². The normalized spacial score (nSPS) is 11.2. The number of para-hydroxylation sites is 2. The molecule has 3 rings (SSSR count). The van der Waals surface area contributed by atoms with Gasteiger partial charge in [0.05, 0.1) is 0 Å². The van der Waals surface area contributed by atoms with E-state index in [2.05, 4.69) is 4.98 Å². The third kappa shape index (κ3) is 2.45. The van der Waals surface area contributed by atoms with Crippen LogP contribution in [0.1, 0.15) is 21.8 Å². The quantitative estimate of drug-likeness (QED) is 0.663. The summed E-state index contributed by atoms with van der Waals surface area (Å²) in [6.45, 7) is 0. The molecule has 1 heterocycles. The molecule has 3 aromatic rings. The number of aldehydes is 1. The molecule has 0 aliphatic rings. The molecule has 2 aromatic carbocycles. The van der Waals surface area contributed by atoms with Crippen LogP contribution in [0.25, 0.3) is 23.3 Å². The van der Waals surface area contributed by atoms with Gasteiger partial charge in [-0.25, -0.2) is 4.98 Å². The van der Waals surface area contributed by atoms with E-state index in [1.54, 1.807) is 12.1 Å². The second-order valence-corrected chi connectivity index (χ2v) is 4.14. The van der Waals surface area contributed by atoms with Crippen molar-refractivity contribution in [3.05, 3.63) is 65.5 Å². The highest BCUT2D eigenvalue weighted by atomic mass is 16.3. The molecule has 3 nitrogen and oxygen atoms in total. The zero-order chi connectivity index (χ0) is 13.1. The van der Waals surface area contributed by atoms with Gasteiger partial charge in [0.25, 0.3) is 0 Å². The van der Waals surface area contributed by atoms with Crippen molar-refractivity contribution in [2.24, 2.45) is 0 Å². The van der Waals surface area contributed by atoms with Gasteiger partial charge in [0, 0.05) is 11.6 Å². The summed E-state index contributed by atoms with van der Waals surface area (Å²) in [5.41, 5.74) is 3.28. The van der Waals surface area contributed by atoms with Crippen LogP contribution in [-0.4, -0.2) is 11.3 Å². The molecule has 0 unspecified atom stereocenters. The van der Waals surface area contributed by atoms with Crippen LogP contribution in [-0.2, 0) is 0 Å².